The van der Waals surface area contributed by atoms with Crippen molar-refractivity contribution in [3.05, 3.63) is 37.5 Å². The second kappa shape index (κ2) is 8.73. The summed E-state index contributed by atoms with van der Waals surface area (Å²) in [7, 11) is 4.17. The van der Waals surface area contributed by atoms with Crippen LogP contribution in [0.3, 0.4) is 0 Å². The summed E-state index contributed by atoms with van der Waals surface area (Å²) in [4.78, 5) is 4.41. The van der Waals surface area contributed by atoms with E-state index in [1.165, 1.54) is 0 Å². The van der Waals surface area contributed by atoms with Crippen LogP contribution in [0.4, 0.5) is 0 Å². The van der Waals surface area contributed by atoms with Crippen molar-refractivity contribution < 1.29 is 0 Å². The Morgan fingerprint density at radius 2 is 1.14 bits per heavy atom. The third kappa shape index (κ3) is 7.77. The van der Waals surface area contributed by atoms with Gasteiger partial charge in [-0.05, 0) is 14.1 Å². The zero-order valence-corrected chi connectivity index (χ0v) is 9.45. The molecular weight excluding hydrogens is 172 g/mol. The van der Waals surface area contributed by atoms with Crippen LogP contribution in [-0.4, -0.2) is 50.1 Å². The van der Waals surface area contributed by atoms with Gasteiger partial charge in [-0.1, -0.05) is 24.3 Å². The first-order valence-corrected chi connectivity index (χ1v) is 4.94. The lowest BCUT2D eigenvalue weighted by Gasteiger charge is -2.12. The normalized spacial score (nSPS) is 11.4. The maximum Gasteiger partial charge on any atom is 0.0163 e. The maximum absolute atomic E-state index is 3.70. The second-order valence-electron chi connectivity index (χ2n) is 3.49. The Morgan fingerprint density at radius 1 is 0.786 bits per heavy atom. The van der Waals surface area contributed by atoms with Crippen molar-refractivity contribution in [2.24, 2.45) is 0 Å². The Kier molecular flexibility index (Phi) is 8.19. The monoisotopic (exact) mass is 194 g/mol. The van der Waals surface area contributed by atoms with Gasteiger partial charge in [-0.15, -0.1) is 13.2 Å². The number of hydrogen-bond acceptors (Lipinski definition) is 2. The van der Waals surface area contributed by atoms with Crippen LogP contribution in [0, 0.1) is 0 Å². The van der Waals surface area contributed by atoms with Gasteiger partial charge in [-0.3, -0.25) is 9.80 Å². The minimum atomic E-state index is 0.937. The van der Waals surface area contributed by atoms with Gasteiger partial charge >= 0.3 is 0 Å². The molecule has 2 heteroatoms. The predicted octanol–water partition coefficient (Wildman–Crippen LogP) is 1.78. The van der Waals surface area contributed by atoms with Gasteiger partial charge in [-0.25, -0.2) is 0 Å². The van der Waals surface area contributed by atoms with E-state index < -0.39 is 0 Å². The third-order valence-corrected chi connectivity index (χ3v) is 1.88. The predicted molar refractivity (Wildman–Crippen MR) is 64.5 cm³/mol. The molecule has 0 aliphatic heterocycles. The first-order valence-electron chi connectivity index (χ1n) is 4.94. The van der Waals surface area contributed by atoms with Gasteiger partial charge in [0.15, 0.2) is 0 Å². The zero-order chi connectivity index (χ0) is 10.8. The van der Waals surface area contributed by atoms with Crippen molar-refractivity contribution in [2.75, 3.05) is 40.3 Å². The highest BCUT2D eigenvalue weighted by Gasteiger charge is 1.91. The van der Waals surface area contributed by atoms with Crippen LogP contribution >= 0.6 is 0 Å². The summed E-state index contributed by atoms with van der Waals surface area (Å²) in [5, 5.41) is 0. The number of hydrogen-bond donors (Lipinski definition) is 0. The molecule has 0 amide bonds. The van der Waals surface area contributed by atoms with Crippen molar-refractivity contribution >= 4 is 0 Å². The van der Waals surface area contributed by atoms with E-state index in [9.17, 15) is 0 Å². The van der Waals surface area contributed by atoms with E-state index in [1.54, 1.807) is 0 Å². The molecule has 0 aromatic rings. The first kappa shape index (κ1) is 13.1. The number of rotatable bonds is 8. The smallest absolute Gasteiger partial charge is 0.0163 e. The lowest BCUT2D eigenvalue weighted by Crippen LogP contribution is -2.20. The molecule has 0 aromatic heterocycles. The van der Waals surface area contributed by atoms with E-state index >= 15 is 0 Å². The minimum Gasteiger partial charge on any atom is -0.299 e. The Hall–Kier alpha value is -0.860. The first-order chi connectivity index (χ1) is 6.70. The molecule has 0 unspecified atom stereocenters. The second-order valence-corrected chi connectivity index (χ2v) is 3.49. The van der Waals surface area contributed by atoms with Gasteiger partial charge in [0.1, 0.15) is 0 Å². The molecule has 0 rings (SSSR count). The third-order valence-electron chi connectivity index (χ3n) is 1.88. The fourth-order valence-corrected chi connectivity index (χ4v) is 1.10. The van der Waals surface area contributed by atoms with Crippen molar-refractivity contribution in [1.29, 1.82) is 0 Å². The molecule has 0 spiro atoms. The molecule has 0 aromatic carbocycles. The highest BCUT2D eigenvalue weighted by atomic mass is 15.1. The molecule has 80 valence electrons. The van der Waals surface area contributed by atoms with Crippen molar-refractivity contribution in [3.63, 3.8) is 0 Å². The molecule has 0 atom stereocenters. The van der Waals surface area contributed by atoms with E-state index in [4.69, 9.17) is 0 Å². The fourth-order valence-electron chi connectivity index (χ4n) is 1.10. The Bertz CT molecular complexity index is 165. The van der Waals surface area contributed by atoms with E-state index in [-0.39, 0.29) is 0 Å². The fraction of sp³-hybridized carbons (Fsp3) is 0.500. The zero-order valence-electron chi connectivity index (χ0n) is 9.45. The van der Waals surface area contributed by atoms with Gasteiger partial charge in [0.05, 0.1) is 0 Å². The molecule has 0 bridgehead atoms. The van der Waals surface area contributed by atoms with Crippen LogP contribution in [0.25, 0.3) is 0 Å². The SMILES string of the molecule is C=CCN(C)C/C=C/CN(C)CC=C. The minimum absolute atomic E-state index is 0.937. The quantitative estimate of drug-likeness (QED) is 0.543. The molecule has 0 fully saturated rings. The number of likely N-dealkylation sites (N-methyl/N-ethyl adjacent to an activating group) is 2. The van der Waals surface area contributed by atoms with Crippen LogP contribution in [-0.2, 0) is 0 Å². The van der Waals surface area contributed by atoms with Crippen molar-refractivity contribution in [1.82, 2.24) is 9.80 Å². The van der Waals surface area contributed by atoms with Crippen molar-refractivity contribution in [3.8, 4) is 0 Å². The summed E-state index contributed by atoms with van der Waals surface area (Å²) in [6, 6.07) is 0. The van der Waals surface area contributed by atoms with E-state index in [2.05, 4.69) is 49.2 Å². The Morgan fingerprint density at radius 3 is 1.43 bits per heavy atom. The van der Waals surface area contributed by atoms with E-state index in [0.717, 1.165) is 26.2 Å². The standard InChI is InChI=1S/C12H22N2/c1-5-9-13(3)11-7-8-12-14(4)10-6-2/h5-8H,1-2,9-12H2,3-4H3/b8-7+. The molecule has 2 nitrogen and oxygen atoms in total. The Labute approximate surface area is 88.2 Å². The van der Waals surface area contributed by atoms with Crippen LogP contribution < -0.4 is 0 Å². The van der Waals surface area contributed by atoms with Gasteiger partial charge < -0.3 is 0 Å². The molecule has 0 heterocycles. The van der Waals surface area contributed by atoms with Crippen LogP contribution in [0.2, 0.25) is 0 Å². The van der Waals surface area contributed by atoms with E-state index in [0.29, 0.717) is 0 Å². The number of nitrogens with zero attached hydrogens (tertiary/aromatic N) is 2. The van der Waals surface area contributed by atoms with Gasteiger partial charge in [0.2, 0.25) is 0 Å². The summed E-state index contributed by atoms with van der Waals surface area (Å²) >= 11 is 0. The van der Waals surface area contributed by atoms with Gasteiger partial charge in [0, 0.05) is 26.2 Å². The van der Waals surface area contributed by atoms with Crippen LogP contribution in [0.1, 0.15) is 0 Å². The summed E-state index contributed by atoms with van der Waals surface area (Å²) < 4.78 is 0. The highest BCUT2D eigenvalue weighted by Crippen LogP contribution is 1.87. The Balaban J connectivity index is 3.52. The maximum atomic E-state index is 3.70. The largest absolute Gasteiger partial charge is 0.299 e. The molecular formula is C12H22N2. The molecule has 0 saturated carbocycles. The average Bonchev–Trinajstić information content (AvgIpc) is 2.13. The topological polar surface area (TPSA) is 6.48 Å². The van der Waals surface area contributed by atoms with Crippen LogP contribution in [0.5, 0.6) is 0 Å². The summed E-state index contributed by atoms with van der Waals surface area (Å²) in [6.45, 7) is 11.2. The average molecular weight is 194 g/mol. The highest BCUT2D eigenvalue weighted by molar-refractivity contribution is 4.88. The molecule has 0 N–H and O–H groups in total. The van der Waals surface area contributed by atoms with Gasteiger partial charge in [-0.2, -0.15) is 0 Å². The molecule has 0 radical (unpaired) electrons. The molecule has 14 heavy (non-hydrogen) atoms. The molecule has 0 saturated heterocycles. The van der Waals surface area contributed by atoms with E-state index in [1.807, 2.05) is 12.2 Å². The lowest BCUT2D eigenvalue weighted by atomic mass is 10.4. The summed E-state index contributed by atoms with van der Waals surface area (Å²) in [5.41, 5.74) is 0. The summed E-state index contributed by atoms with van der Waals surface area (Å²) in [5.74, 6) is 0. The molecule has 0 aliphatic carbocycles. The molecule has 0 aliphatic rings. The van der Waals surface area contributed by atoms with Crippen LogP contribution in [0.15, 0.2) is 37.5 Å². The van der Waals surface area contributed by atoms with Gasteiger partial charge in [0.25, 0.3) is 0 Å². The van der Waals surface area contributed by atoms with Crippen molar-refractivity contribution in [2.45, 2.75) is 0 Å². The lowest BCUT2D eigenvalue weighted by molar-refractivity contribution is 0.402. The summed E-state index contributed by atoms with van der Waals surface area (Å²) in [6.07, 6.45) is 8.20.